The van der Waals surface area contributed by atoms with Crippen molar-refractivity contribution in [3.63, 3.8) is 0 Å². The number of amides is 1. The molecule has 4 rings (SSSR count). The first-order chi connectivity index (χ1) is 14.0. The number of carbonyl (C=O) groups excluding carboxylic acids is 1. The van der Waals surface area contributed by atoms with E-state index in [1.54, 1.807) is 16.7 Å². The van der Waals surface area contributed by atoms with Crippen LogP contribution < -0.4 is 10.9 Å². The highest BCUT2D eigenvalue weighted by atomic mass is 79.9. The number of benzene rings is 2. The zero-order valence-electron chi connectivity index (χ0n) is 15.6. The topological polar surface area (TPSA) is 55.5 Å². The first kappa shape index (κ1) is 19.7. The predicted molar refractivity (Wildman–Crippen MR) is 119 cm³/mol. The Morgan fingerprint density at radius 2 is 1.83 bits per heavy atom. The molecule has 0 aliphatic carbocycles. The average molecular weight is 473 g/mol. The van der Waals surface area contributed by atoms with Gasteiger partial charge in [-0.05, 0) is 54.4 Å². The molecule has 2 aromatic heterocycles. The largest absolute Gasteiger partial charge is 0.352 e. The van der Waals surface area contributed by atoms with Gasteiger partial charge >= 0.3 is 0 Å². The third-order valence-corrected chi connectivity index (χ3v) is 5.63. The maximum Gasteiger partial charge on any atom is 0.275 e. The van der Waals surface area contributed by atoms with Gasteiger partial charge in [0.1, 0.15) is 5.52 Å². The molecule has 0 aliphatic heterocycles. The van der Waals surface area contributed by atoms with Gasteiger partial charge in [-0.3, -0.25) is 9.59 Å². The Kier molecular flexibility index (Phi) is 5.74. The summed E-state index contributed by atoms with van der Waals surface area (Å²) < 4.78 is 4.56. The number of aryl methyl sites for hydroxylation is 1. The van der Waals surface area contributed by atoms with E-state index in [0.717, 1.165) is 21.1 Å². The maximum absolute atomic E-state index is 12.9. The van der Waals surface area contributed by atoms with Crippen molar-refractivity contribution >= 4 is 50.0 Å². The lowest BCUT2D eigenvalue weighted by Crippen LogP contribution is -2.25. The van der Waals surface area contributed by atoms with E-state index in [1.807, 2.05) is 53.1 Å². The summed E-state index contributed by atoms with van der Waals surface area (Å²) in [5.41, 5.74) is 3.37. The Bertz CT molecular complexity index is 1240. The summed E-state index contributed by atoms with van der Waals surface area (Å²) >= 11 is 9.36. The van der Waals surface area contributed by atoms with Gasteiger partial charge in [0, 0.05) is 35.2 Å². The van der Waals surface area contributed by atoms with Crippen molar-refractivity contribution in [2.45, 2.75) is 25.9 Å². The Morgan fingerprint density at radius 1 is 1.03 bits per heavy atom. The molecular formula is C22H19BrClN3O2. The van der Waals surface area contributed by atoms with Crippen molar-refractivity contribution in [3.8, 4) is 0 Å². The van der Waals surface area contributed by atoms with Gasteiger partial charge < -0.3 is 14.3 Å². The third kappa shape index (κ3) is 4.23. The van der Waals surface area contributed by atoms with Crippen LogP contribution in [-0.2, 0) is 17.9 Å². The highest BCUT2D eigenvalue weighted by Gasteiger charge is 2.11. The van der Waals surface area contributed by atoms with Crippen molar-refractivity contribution in [1.82, 2.24) is 14.3 Å². The number of nitrogens with one attached hydrogen (secondary N) is 1. The molecular weight excluding hydrogens is 454 g/mol. The summed E-state index contributed by atoms with van der Waals surface area (Å²) in [4.78, 5) is 25.2. The van der Waals surface area contributed by atoms with Gasteiger partial charge in [0.05, 0.1) is 11.0 Å². The number of hydrogen-bond donors (Lipinski definition) is 1. The normalized spacial score (nSPS) is 11.2. The molecule has 0 spiro atoms. The molecule has 148 valence electrons. The summed E-state index contributed by atoms with van der Waals surface area (Å²) in [6.45, 7) is 0.934. The Labute approximate surface area is 181 Å². The fourth-order valence-corrected chi connectivity index (χ4v) is 3.92. The van der Waals surface area contributed by atoms with E-state index in [0.29, 0.717) is 36.5 Å². The summed E-state index contributed by atoms with van der Waals surface area (Å²) in [5, 5.41) is 3.58. The van der Waals surface area contributed by atoms with Crippen molar-refractivity contribution in [2.75, 3.05) is 0 Å². The van der Waals surface area contributed by atoms with Gasteiger partial charge in [0.25, 0.3) is 5.56 Å². The van der Waals surface area contributed by atoms with E-state index in [4.69, 9.17) is 11.6 Å². The standard InChI is InChI=1S/C22H19BrClN3O2/c23-16-7-10-18-20(13-16)27(22(29)19-3-1-11-26(18)19)12-2-4-21(28)25-14-15-5-8-17(24)9-6-15/h1,3,5-11,13H,2,4,12,14H2,(H,25,28). The van der Waals surface area contributed by atoms with E-state index >= 15 is 0 Å². The molecule has 2 aromatic carbocycles. The van der Waals surface area contributed by atoms with E-state index < -0.39 is 0 Å². The molecule has 0 saturated heterocycles. The van der Waals surface area contributed by atoms with Gasteiger partial charge in [-0.2, -0.15) is 0 Å². The molecule has 2 heterocycles. The second-order valence-electron chi connectivity index (χ2n) is 6.86. The van der Waals surface area contributed by atoms with E-state index in [2.05, 4.69) is 21.2 Å². The van der Waals surface area contributed by atoms with Crippen LogP contribution in [0.3, 0.4) is 0 Å². The van der Waals surface area contributed by atoms with Crippen LogP contribution in [0, 0.1) is 0 Å². The van der Waals surface area contributed by atoms with Crippen molar-refractivity contribution in [2.24, 2.45) is 0 Å². The fraction of sp³-hybridized carbons (Fsp3) is 0.182. The molecule has 5 nitrogen and oxygen atoms in total. The molecule has 0 radical (unpaired) electrons. The highest BCUT2D eigenvalue weighted by molar-refractivity contribution is 9.10. The minimum Gasteiger partial charge on any atom is -0.352 e. The number of fused-ring (bicyclic) bond motifs is 3. The van der Waals surface area contributed by atoms with E-state index in [-0.39, 0.29) is 11.5 Å². The monoisotopic (exact) mass is 471 g/mol. The molecule has 0 saturated carbocycles. The van der Waals surface area contributed by atoms with Crippen LogP contribution in [0.25, 0.3) is 16.6 Å². The molecule has 0 aliphatic rings. The molecule has 0 fully saturated rings. The lowest BCUT2D eigenvalue weighted by Gasteiger charge is -2.13. The lowest BCUT2D eigenvalue weighted by atomic mass is 10.2. The molecule has 1 N–H and O–H groups in total. The van der Waals surface area contributed by atoms with Crippen molar-refractivity contribution in [1.29, 1.82) is 0 Å². The van der Waals surface area contributed by atoms with Crippen LogP contribution in [0.5, 0.6) is 0 Å². The number of aromatic nitrogens is 2. The Hall–Kier alpha value is -2.57. The summed E-state index contributed by atoms with van der Waals surface area (Å²) in [7, 11) is 0. The smallest absolute Gasteiger partial charge is 0.275 e. The number of nitrogens with zero attached hydrogens (tertiary/aromatic N) is 2. The van der Waals surface area contributed by atoms with Crippen LogP contribution >= 0.6 is 27.5 Å². The van der Waals surface area contributed by atoms with Crippen LogP contribution in [0.4, 0.5) is 0 Å². The van der Waals surface area contributed by atoms with Crippen LogP contribution in [-0.4, -0.2) is 14.9 Å². The van der Waals surface area contributed by atoms with Crippen molar-refractivity contribution in [3.05, 3.63) is 86.2 Å². The minimum atomic E-state index is -0.0535. The predicted octanol–water partition coefficient (Wildman–Crippen LogP) is 4.77. The maximum atomic E-state index is 12.9. The molecule has 0 atom stereocenters. The number of carbonyl (C=O) groups is 1. The van der Waals surface area contributed by atoms with Crippen molar-refractivity contribution < 1.29 is 4.79 Å². The average Bonchev–Trinajstić information content (AvgIpc) is 3.20. The van der Waals surface area contributed by atoms with Crippen LogP contribution in [0.2, 0.25) is 5.02 Å². The fourth-order valence-electron chi connectivity index (χ4n) is 3.44. The number of halogens is 2. The minimum absolute atomic E-state index is 0.0396. The second kappa shape index (κ2) is 8.43. The SMILES string of the molecule is O=C(CCCn1c(=O)c2cccn2c2ccc(Br)cc21)NCc1ccc(Cl)cc1. The second-order valence-corrected chi connectivity index (χ2v) is 8.21. The van der Waals surface area contributed by atoms with Crippen LogP contribution in [0.15, 0.2) is 70.1 Å². The molecule has 7 heteroatoms. The lowest BCUT2D eigenvalue weighted by molar-refractivity contribution is -0.121. The Morgan fingerprint density at radius 3 is 2.62 bits per heavy atom. The molecule has 0 bridgehead atoms. The molecule has 1 amide bonds. The molecule has 29 heavy (non-hydrogen) atoms. The van der Waals surface area contributed by atoms with Gasteiger partial charge in [-0.25, -0.2) is 0 Å². The van der Waals surface area contributed by atoms with Gasteiger partial charge in [0.15, 0.2) is 0 Å². The Balaban J connectivity index is 1.47. The highest BCUT2D eigenvalue weighted by Crippen LogP contribution is 2.20. The van der Waals surface area contributed by atoms with Gasteiger partial charge in [-0.1, -0.05) is 39.7 Å². The summed E-state index contributed by atoms with van der Waals surface area (Å²) in [6.07, 6.45) is 2.81. The summed E-state index contributed by atoms with van der Waals surface area (Å²) in [6, 6.07) is 17.0. The van der Waals surface area contributed by atoms with Gasteiger partial charge in [0.2, 0.25) is 5.91 Å². The van der Waals surface area contributed by atoms with E-state index in [1.165, 1.54) is 0 Å². The zero-order valence-corrected chi connectivity index (χ0v) is 17.9. The number of rotatable bonds is 6. The number of hydrogen-bond acceptors (Lipinski definition) is 2. The molecule has 4 aromatic rings. The quantitative estimate of drug-likeness (QED) is 0.440. The van der Waals surface area contributed by atoms with Gasteiger partial charge in [-0.15, -0.1) is 0 Å². The first-order valence-electron chi connectivity index (χ1n) is 9.33. The molecule has 0 unspecified atom stereocenters. The summed E-state index contributed by atoms with van der Waals surface area (Å²) in [5.74, 6) is -0.0396. The van der Waals surface area contributed by atoms with E-state index in [9.17, 15) is 9.59 Å². The third-order valence-electron chi connectivity index (χ3n) is 4.89. The first-order valence-corrected chi connectivity index (χ1v) is 10.5. The zero-order chi connectivity index (χ0) is 20.4. The van der Waals surface area contributed by atoms with Crippen LogP contribution in [0.1, 0.15) is 18.4 Å².